The quantitative estimate of drug-likeness (QED) is 0.275. The number of nitrogens with zero attached hydrogens (tertiary/aromatic N) is 2. The van der Waals surface area contributed by atoms with Crippen molar-refractivity contribution < 1.29 is 19.6 Å². The molecule has 2 aromatic heterocycles. The van der Waals surface area contributed by atoms with Crippen LogP contribution in [0.1, 0.15) is 31.9 Å². The van der Waals surface area contributed by atoms with Crippen molar-refractivity contribution in [1.82, 2.24) is 9.55 Å². The number of aliphatic hydroxyl groups excluding tert-OH is 1. The third kappa shape index (κ3) is 4.55. The summed E-state index contributed by atoms with van der Waals surface area (Å²) in [5.74, 6) is 0. The second-order valence-corrected chi connectivity index (χ2v) is 9.17. The van der Waals surface area contributed by atoms with Crippen LogP contribution in [-0.4, -0.2) is 46.1 Å². The minimum Gasteiger partial charge on any atom is -0.430 e. The number of hydrogen-bond donors (Lipinski definition) is 2. The Kier molecular flexibility index (Phi) is 6.07. The molecule has 0 fully saturated rings. The summed E-state index contributed by atoms with van der Waals surface area (Å²) in [6, 6.07) is 10.5. The molecule has 0 unspecified atom stereocenters. The molecule has 6 nitrogen and oxygen atoms in total. The highest BCUT2D eigenvalue weighted by Gasteiger charge is 2.17. The van der Waals surface area contributed by atoms with Gasteiger partial charge in [-0.3, -0.25) is 0 Å². The van der Waals surface area contributed by atoms with Gasteiger partial charge < -0.3 is 19.1 Å². The van der Waals surface area contributed by atoms with E-state index in [-0.39, 0.29) is 6.08 Å². The molecular formula is C26H32N3O3+. The molecule has 32 heavy (non-hydrogen) atoms. The average Bonchev–Trinajstić information content (AvgIpc) is 3.13. The molecule has 0 amide bonds. The normalized spacial score (nSPS) is 12.8. The molecule has 0 aliphatic rings. The topological polar surface area (TPSA) is 70.5 Å². The molecule has 0 atom stereocenters. The number of rotatable bonds is 6. The summed E-state index contributed by atoms with van der Waals surface area (Å²) in [4.78, 5) is 7.71. The van der Waals surface area contributed by atoms with E-state index in [1.165, 1.54) is 32.7 Å². The van der Waals surface area contributed by atoms with Crippen molar-refractivity contribution in [2.75, 3.05) is 19.8 Å². The standard InChI is InChI=1S/C26H31N3O3/c1-17-21-16-29(13-15-31-14-11-27-25(30)32-26(3,4)5)12-10-19(21)18(2)24-23(17)20-8-6-7-9-22(20)28-24/h6-10,12,16H,11,13-15H2,1-5H3,(H,27,30)/p+1. The van der Waals surface area contributed by atoms with Crippen LogP contribution in [0.5, 0.6) is 0 Å². The minimum atomic E-state index is -0.433. The highest BCUT2D eigenvalue weighted by atomic mass is 16.6. The van der Waals surface area contributed by atoms with Crippen molar-refractivity contribution >= 4 is 38.7 Å². The van der Waals surface area contributed by atoms with Gasteiger partial charge in [-0.05, 0) is 63.3 Å². The van der Waals surface area contributed by atoms with Gasteiger partial charge in [-0.25, -0.2) is 4.98 Å². The summed E-state index contributed by atoms with van der Waals surface area (Å²) < 4.78 is 13.2. The lowest BCUT2D eigenvalue weighted by Gasteiger charge is -2.15. The van der Waals surface area contributed by atoms with Crippen LogP contribution in [-0.2, 0) is 16.0 Å². The van der Waals surface area contributed by atoms with E-state index < -0.39 is 5.60 Å². The molecular weight excluding hydrogens is 402 g/mol. The van der Waals surface area contributed by atoms with Crippen LogP contribution in [0.4, 0.5) is 0 Å². The second kappa shape index (κ2) is 8.79. The third-order valence-electron chi connectivity index (χ3n) is 5.62. The van der Waals surface area contributed by atoms with Crippen LogP contribution >= 0.6 is 0 Å². The van der Waals surface area contributed by atoms with E-state index in [0.29, 0.717) is 19.8 Å². The SMILES string of the molecule is Cc1c2ccn(CCOCC[NH+]=C(O)OC(C)(C)C)cc2c(C)c2c1nc1ccccc12. The van der Waals surface area contributed by atoms with Gasteiger partial charge in [-0.15, -0.1) is 0 Å². The lowest BCUT2D eigenvalue weighted by atomic mass is 9.97. The lowest BCUT2D eigenvalue weighted by Crippen LogP contribution is -2.75. The first-order valence-corrected chi connectivity index (χ1v) is 11.1. The van der Waals surface area contributed by atoms with Gasteiger partial charge >= 0.3 is 6.08 Å². The molecule has 168 valence electrons. The molecule has 0 saturated carbocycles. The van der Waals surface area contributed by atoms with Gasteiger partial charge in [0, 0.05) is 35.1 Å². The van der Waals surface area contributed by atoms with Crippen LogP contribution in [0, 0.1) is 13.8 Å². The Bertz CT molecular complexity index is 1300. The van der Waals surface area contributed by atoms with E-state index in [2.05, 4.69) is 60.1 Å². The zero-order valence-electron chi connectivity index (χ0n) is 19.5. The van der Waals surface area contributed by atoms with Gasteiger partial charge in [0.1, 0.15) is 12.2 Å². The summed E-state index contributed by atoms with van der Waals surface area (Å²) in [7, 11) is 0. The highest BCUT2D eigenvalue weighted by molar-refractivity contribution is 6.16. The number of hydrogen-bond acceptors (Lipinski definition) is 3. The average molecular weight is 435 g/mol. The molecule has 0 spiro atoms. The summed E-state index contributed by atoms with van der Waals surface area (Å²) >= 11 is 0. The molecule has 0 radical (unpaired) electrons. The maximum atomic E-state index is 9.71. The molecule has 4 rings (SSSR count). The number of para-hydroxylation sites is 1. The van der Waals surface area contributed by atoms with Crippen molar-refractivity contribution in [1.29, 1.82) is 0 Å². The number of aromatic nitrogens is 2. The molecule has 0 saturated heterocycles. The summed E-state index contributed by atoms with van der Waals surface area (Å²) in [5, 5.41) is 14.7. The first kappa shape index (κ1) is 22.1. The molecule has 2 N–H and O–H groups in total. The molecule has 6 heteroatoms. The van der Waals surface area contributed by atoms with Crippen molar-refractivity contribution in [2.24, 2.45) is 0 Å². The number of ether oxygens (including phenoxy) is 2. The number of aliphatic hydroxyl groups is 1. The smallest absolute Gasteiger partial charge is 0.430 e. The Morgan fingerprint density at radius 2 is 1.81 bits per heavy atom. The second-order valence-electron chi connectivity index (χ2n) is 9.17. The zero-order chi connectivity index (χ0) is 22.9. The summed E-state index contributed by atoms with van der Waals surface area (Å²) in [5.41, 5.74) is 4.20. The van der Waals surface area contributed by atoms with Crippen molar-refractivity contribution in [3.63, 3.8) is 0 Å². The number of fused-ring (bicyclic) bond motifs is 4. The highest BCUT2D eigenvalue weighted by Crippen LogP contribution is 2.36. The van der Waals surface area contributed by atoms with Crippen LogP contribution in [0.25, 0.3) is 32.6 Å². The van der Waals surface area contributed by atoms with E-state index in [1.807, 2.05) is 26.8 Å². The van der Waals surface area contributed by atoms with Gasteiger partial charge in [0.25, 0.3) is 0 Å². The fourth-order valence-electron chi connectivity index (χ4n) is 4.13. The Morgan fingerprint density at radius 3 is 2.59 bits per heavy atom. The van der Waals surface area contributed by atoms with E-state index >= 15 is 0 Å². The van der Waals surface area contributed by atoms with Crippen molar-refractivity contribution in [3.8, 4) is 0 Å². The monoisotopic (exact) mass is 434 g/mol. The van der Waals surface area contributed by atoms with Crippen molar-refractivity contribution in [3.05, 3.63) is 53.9 Å². The molecule has 4 aromatic rings. The van der Waals surface area contributed by atoms with Gasteiger partial charge in [0.05, 0.1) is 17.6 Å². The molecule has 0 aliphatic heterocycles. The number of benzene rings is 2. The number of pyridine rings is 1. The van der Waals surface area contributed by atoms with Crippen LogP contribution in [0.2, 0.25) is 0 Å². The molecule has 0 bridgehead atoms. The Morgan fingerprint density at radius 1 is 1.03 bits per heavy atom. The first-order chi connectivity index (χ1) is 15.2. The van der Waals surface area contributed by atoms with E-state index in [9.17, 15) is 5.11 Å². The fraction of sp³-hybridized carbons (Fsp3) is 0.385. The number of aryl methyl sites for hydroxylation is 2. The summed E-state index contributed by atoms with van der Waals surface area (Å²) in [6.07, 6.45) is 4.13. The molecule has 2 aromatic carbocycles. The van der Waals surface area contributed by atoms with Crippen LogP contribution in [0.15, 0.2) is 42.7 Å². The van der Waals surface area contributed by atoms with E-state index in [0.717, 1.165) is 17.6 Å². The Labute approximate surface area is 188 Å². The first-order valence-electron chi connectivity index (χ1n) is 11.1. The van der Waals surface area contributed by atoms with Crippen LogP contribution in [0.3, 0.4) is 0 Å². The fourth-order valence-corrected chi connectivity index (χ4v) is 4.13. The predicted molar refractivity (Wildman–Crippen MR) is 129 cm³/mol. The van der Waals surface area contributed by atoms with Gasteiger partial charge in [-0.2, -0.15) is 4.99 Å². The summed E-state index contributed by atoms with van der Waals surface area (Å²) in [6.45, 7) is 12.3. The Hall–Kier alpha value is -3.12. The van der Waals surface area contributed by atoms with E-state index in [1.54, 1.807) is 0 Å². The lowest BCUT2D eigenvalue weighted by molar-refractivity contribution is -0.484. The zero-order valence-corrected chi connectivity index (χ0v) is 19.5. The van der Waals surface area contributed by atoms with E-state index in [4.69, 9.17) is 14.5 Å². The predicted octanol–water partition coefficient (Wildman–Crippen LogP) is 3.79. The van der Waals surface area contributed by atoms with Gasteiger partial charge in [-0.1, -0.05) is 18.2 Å². The maximum Gasteiger partial charge on any atom is 0.545 e. The third-order valence-corrected chi connectivity index (χ3v) is 5.62. The molecule has 2 heterocycles. The Balaban J connectivity index is 1.47. The van der Waals surface area contributed by atoms with Crippen molar-refractivity contribution in [2.45, 2.75) is 46.8 Å². The maximum absolute atomic E-state index is 9.71. The van der Waals surface area contributed by atoms with Gasteiger partial charge in [0.15, 0.2) is 6.54 Å². The number of nitrogens with one attached hydrogen (secondary N) is 1. The largest absolute Gasteiger partial charge is 0.545 e. The van der Waals surface area contributed by atoms with Crippen LogP contribution < -0.4 is 4.99 Å². The van der Waals surface area contributed by atoms with Gasteiger partial charge in [0.2, 0.25) is 0 Å². The minimum absolute atomic E-state index is 0.170. The molecule has 0 aliphatic carbocycles.